The molecule has 0 spiro atoms. The summed E-state index contributed by atoms with van der Waals surface area (Å²) in [5.74, 6) is 4.73. The number of aliphatic hydroxyl groups excluding tert-OH is 1. The summed E-state index contributed by atoms with van der Waals surface area (Å²) in [7, 11) is 0. The van der Waals surface area contributed by atoms with Gasteiger partial charge < -0.3 is 9.84 Å². The van der Waals surface area contributed by atoms with Gasteiger partial charge in [-0.1, -0.05) is 11.8 Å². The molecular weight excluding hydrogens is 274 g/mol. The molecule has 4 heteroatoms. The molecule has 2 aromatic rings. The standard InChI is InChI=1S/C17H14F2O2/c1-12-9-16(7-5-13(12)3-2-8-20)21-11-14-4-6-15(18)10-17(14)19/h4-7,9-10,20H,8,11H2,1H3. The van der Waals surface area contributed by atoms with Gasteiger partial charge in [0.1, 0.15) is 30.6 Å². The third kappa shape index (κ3) is 4.04. The van der Waals surface area contributed by atoms with E-state index in [0.717, 1.165) is 17.2 Å². The zero-order chi connectivity index (χ0) is 15.2. The van der Waals surface area contributed by atoms with Crippen LogP contribution in [-0.2, 0) is 6.61 Å². The van der Waals surface area contributed by atoms with Gasteiger partial charge >= 0.3 is 0 Å². The van der Waals surface area contributed by atoms with E-state index in [1.165, 1.54) is 12.1 Å². The number of halogens is 2. The average Bonchev–Trinajstić information content (AvgIpc) is 2.45. The Morgan fingerprint density at radius 3 is 2.62 bits per heavy atom. The van der Waals surface area contributed by atoms with Gasteiger partial charge in [0.2, 0.25) is 0 Å². The second kappa shape index (κ2) is 6.87. The Balaban J connectivity index is 2.08. The van der Waals surface area contributed by atoms with Crippen LogP contribution >= 0.6 is 0 Å². The molecule has 0 unspecified atom stereocenters. The molecule has 0 aliphatic carbocycles. The highest BCUT2D eigenvalue weighted by Crippen LogP contribution is 2.19. The molecule has 0 bridgehead atoms. The van der Waals surface area contributed by atoms with E-state index in [4.69, 9.17) is 9.84 Å². The Morgan fingerprint density at radius 1 is 1.14 bits per heavy atom. The van der Waals surface area contributed by atoms with Crippen LogP contribution in [0, 0.1) is 30.4 Å². The zero-order valence-corrected chi connectivity index (χ0v) is 11.5. The highest BCUT2D eigenvalue weighted by Gasteiger charge is 2.05. The van der Waals surface area contributed by atoms with Crippen molar-refractivity contribution in [2.45, 2.75) is 13.5 Å². The minimum Gasteiger partial charge on any atom is -0.489 e. The van der Waals surface area contributed by atoms with Crippen LogP contribution in [0.3, 0.4) is 0 Å². The summed E-state index contributed by atoms with van der Waals surface area (Å²) < 4.78 is 31.8. The minimum atomic E-state index is -0.628. The summed E-state index contributed by atoms with van der Waals surface area (Å²) in [6, 6.07) is 8.66. The summed E-state index contributed by atoms with van der Waals surface area (Å²) in [6.45, 7) is 1.70. The van der Waals surface area contributed by atoms with Crippen molar-refractivity contribution in [3.05, 3.63) is 64.7 Å². The molecule has 0 aliphatic heterocycles. The molecule has 0 atom stereocenters. The van der Waals surface area contributed by atoms with E-state index in [0.29, 0.717) is 11.3 Å². The van der Waals surface area contributed by atoms with Crippen LogP contribution < -0.4 is 4.74 Å². The maximum Gasteiger partial charge on any atom is 0.132 e. The zero-order valence-electron chi connectivity index (χ0n) is 11.5. The van der Waals surface area contributed by atoms with E-state index in [1.54, 1.807) is 18.2 Å². The smallest absolute Gasteiger partial charge is 0.132 e. The molecule has 2 nitrogen and oxygen atoms in total. The van der Waals surface area contributed by atoms with E-state index < -0.39 is 11.6 Å². The number of ether oxygens (including phenoxy) is 1. The summed E-state index contributed by atoms with van der Waals surface area (Å²) in [4.78, 5) is 0. The first-order valence-corrected chi connectivity index (χ1v) is 6.37. The normalized spacial score (nSPS) is 9.90. The van der Waals surface area contributed by atoms with Crippen LogP contribution in [0.15, 0.2) is 36.4 Å². The Hall–Kier alpha value is -2.38. The number of rotatable bonds is 3. The molecular formula is C17H14F2O2. The van der Waals surface area contributed by atoms with Gasteiger partial charge in [-0.25, -0.2) is 8.78 Å². The van der Waals surface area contributed by atoms with Gasteiger partial charge in [0.15, 0.2) is 0 Å². The van der Waals surface area contributed by atoms with Crippen LogP contribution in [0.1, 0.15) is 16.7 Å². The summed E-state index contributed by atoms with van der Waals surface area (Å²) >= 11 is 0. The van der Waals surface area contributed by atoms with E-state index in [-0.39, 0.29) is 13.2 Å². The van der Waals surface area contributed by atoms with Crippen LogP contribution in [-0.4, -0.2) is 11.7 Å². The lowest BCUT2D eigenvalue weighted by Gasteiger charge is -2.09. The monoisotopic (exact) mass is 288 g/mol. The van der Waals surface area contributed by atoms with Crippen LogP contribution in [0.25, 0.3) is 0 Å². The van der Waals surface area contributed by atoms with E-state index in [2.05, 4.69) is 11.8 Å². The van der Waals surface area contributed by atoms with Gasteiger partial charge in [0.25, 0.3) is 0 Å². The molecule has 0 fully saturated rings. The molecule has 0 heterocycles. The van der Waals surface area contributed by atoms with Gasteiger partial charge in [0.05, 0.1) is 0 Å². The first kappa shape index (κ1) is 15.0. The van der Waals surface area contributed by atoms with Crippen molar-refractivity contribution in [3.8, 4) is 17.6 Å². The fourth-order valence-corrected chi connectivity index (χ4v) is 1.80. The third-order valence-corrected chi connectivity index (χ3v) is 2.91. The maximum atomic E-state index is 13.5. The lowest BCUT2D eigenvalue weighted by atomic mass is 10.1. The number of aliphatic hydroxyl groups is 1. The maximum absolute atomic E-state index is 13.5. The van der Waals surface area contributed by atoms with E-state index in [1.807, 2.05) is 6.92 Å². The number of hydrogen-bond acceptors (Lipinski definition) is 2. The predicted molar refractivity (Wildman–Crippen MR) is 75.8 cm³/mol. The van der Waals surface area contributed by atoms with Crippen LogP contribution in [0.5, 0.6) is 5.75 Å². The molecule has 0 saturated heterocycles. The van der Waals surface area contributed by atoms with Gasteiger partial charge in [-0.15, -0.1) is 0 Å². The average molecular weight is 288 g/mol. The number of hydrogen-bond donors (Lipinski definition) is 1. The fraction of sp³-hybridized carbons (Fsp3) is 0.176. The Labute approximate surface area is 122 Å². The quantitative estimate of drug-likeness (QED) is 0.879. The Kier molecular flexibility index (Phi) is 4.91. The van der Waals surface area contributed by atoms with Crippen LogP contribution in [0.4, 0.5) is 8.78 Å². The van der Waals surface area contributed by atoms with Gasteiger partial charge in [-0.05, 0) is 42.8 Å². The largest absolute Gasteiger partial charge is 0.489 e. The molecule has 1 N–H and O–H groups in total. The predicted octanol–water partition coefficient (Wildman–Crippen LogP) is 3.20. The Morgan fingerprint density at radius 2 is 1.95 bits per heavy atom. The lowest BCUT2D eigenvalue weighted by Crippen LogP contribution is -1.99. The molecule has 0 amide bonds. The summed E-state index contributed by atoms with van der Waals surface area (Å²) in [5, 5.41) is 8.67. The highest BCUT2D eigenvalue weighted by atomic mass is 19.1. The van der Waals surface area contributed by atoms with Gasteiger partial charge in [-0.2, -0.15) is 0 Å². The van der Waals surface area contributed by atoms with Gasteiger partial charge in [-0.3, -0.25) is 0 Å². The number of benzene rings is 2. The minimum absolute atomic E-state index is 0.0211. The molecule has 0 radical (unpaired) electrons. The second-order valence-electron chi connectivity index (χ2n) is 4.46. The van der Waals surface area contributed by atoms with Crippen LogP contribution in [0.2, 0.25) is 0 Å². The summed E-state index contributed by atoms with van der Waals surface area (Å²) in [6.07, 6.45) is 0. The number of aryl methyl sites for hydroxylation is 1. The van der Waals surface area contributed by atoms with Crippen molar-refractivity contribution in [2.24, 2.45) is 0 Å². The molecule has 0 aromatic heterocycles. The van der Waals surface area contributed by atoms with Crippen molar-refractivity contribution in [1.29, 1.82) is 0 Å². The first-order chi connectivity index (χ1) is 10.1. The third-order valence-electron chi connectivity index (χ3n) is 2.91. The van der Waals surface area contributed by atoms with Crippen molar-refractivity contribution < 1.29 is 18.6 Å². The fourth-order valence-electron chi connectivity index (χ4n) is 1.80. The summed E-state index contributed by atoms with van der Waals surface area (Å²) in [5.41, 5.74) is 1.98. The Bertz CT molecular complexity index is 700. The van der Waals surface area contributed by atoms with E-state index >= 15 is 0 Å². The first-order valence-electron chi connectivity index (χ1n) is 6.37. The lowest BCUT2D eigenvalue weighted by molar-refractivity contribution is 0.299. The molecule has 108 valence electrons. The molecule has 0 saturated carbocycles. The van der Waals surface area contributed by atoms with Gasteiger partial charge in [0, 0.05) is 17.2 Å². The molecule has 21 heavy (non-hydrogen) atoms. The molecule has 2 rings (SSSR count). The highest BCUT2D eigenvalue weighted by molar-refractivity contribution is 5.44. The topological polar surface area (TPSA) is 29.5 Å². The molecule has 0 aliphatic rings. The van der Waals surface area contributed by atoms with Crippen molar-refractivity contribution in [3.63, 3.8) is 0 Å². The molecule has 2 aromatic carbocycles. The van der Waals surface area contributed by atoms with Crippen molar-refractivity contribution >= 4 is 0 Å². The van der Waals surface area contributed by atoms with Crippen molar-refractivity contribution in [2.75, 3.05) is 6.61 Å². The van der Waals surface area contributed by atoms with Crippen molar-refractivity contribution in [1.82, 2.24) is 0 Å². The SMILES string of the molecule is Cc1cc(OCc2ccc(F)cc2F)ccc1C#CCO. The van der Waals surface area contributed by atoms with E-state index in [9.17, 15) is 8.78 Å². The second-order valence-corrected chi connectivity index (χ2v) is 4.46.